The van der Waals surface area contributed by atoms with E-state index >= 15 is 0 Å². The lowest BCUT2D eigenvalue weighted by Crippen LogP contribution is -2.41. The van der Waals surface area contributed by atoms with Crippen molar-refractivity contribution in [3.8, 4) is 0 Å². The van der Waals surface area contributed by atoms with E-state index in [0.717, 1.165) is 25.9 Å². The summed E-state index contributed by atoms with van der Waals surface area (Å²) in [6, 6.07) is 0. The van der Waals surface area contributed by atoms with Gasteiger partial charge in [-0.25, -0.2) is 0 Å². The molecule has 2 aliphatic rings. The Morgan fingerprint density at radius 1 is 1.33 bits per heavy atom. The molecular formula is C15H26O2Si. The fourth-order valence-electron chi connectivity index (χ4n) is 2.71. The number of carbonyl (C=O) groups excluding carboxylic acids is 1. The standard InChI is InChI=1S/C15H26O2Si/c1-15(2,3)18(4,5)17-10-11-6-12-8-14(16)9-13(12)7-11/h8,11,13H,6-7,9-10H2,1-5H3/t11-,13?/m1/s1. The van der Waals surface area contributed by atoms with Crippen LogP contribution in [0.3, 0.4) is 0 Å². The molecule has 1 unspecified atom stereocenters. The number of hydrogen-bond donors (Lipinski definition) is 0. The molecule has 2 atom stereocenters. The van der Waals surface area contributed by atoms with Crippen LogP contribution in [0, 0.1) is 11.8 Å². The van der Waals surface area contributed by atoms with E-state index in [9.17, 15) is 4.79 Å². The molecule has 0 aromatic carbocycles. The fraction of sp³-hybridized carbons (Fsp3) is 0.800. The molecule has 0 radical (unpaired) electrons. The molecule has 3 heteroatoms. The maximum absolute atomic E-state index is 11.3. The second-order valence-corrected chi connectivity index (χ2v) is 12.3. The van der Waals surface area contributed by atoms with Crippen LogP contribution in [-0.2, 0) is 9.22 Å². The third kappa shape index (κ3) is 2.77. The van der Waals surface area contributed by atoms with Crippen molar-refractivity contribution >= 4 is 14.1 Å². The first-order chi connectivity index (χ1) is 8.19. The van der Waals surface area contributed by atoms with Crippen LogP contribution in [0.25, 0.3) is 0 Å². The van der Waals surface area contributed by atoms with Crippen molar-refractivity contribution in [3.05, 3.63) is 11.6 Å². The zero-order valence-electron chi connectivity index (χ0n) is 12.4. The van der Waals surface area contributed by atoms with Gasteiger partial charge in [-0.2, -0.15) is 0 Å². The molecule has 0 N–H and O–H groups in total. The third-order valence-electron chi connectivity index (χ3n) is 4.95. The summed E-state index contributed by atoms with van der Waals surface area (Å²) in [5.74, 6) is 1.52. The molecule has 1 fully saturated rings. The van der Waals surface area contributed by atoms with Gasteiger partial charge in [0.25, 0.3) is 0 Å². The van der Waals surface area contributed by atoms with E-state index in [1.807, 2.05) is 6.08 Å². The lowest BCUT2D eigenvalue weighted by atomic mass is 10.0. The number of carbonyl (C=O) groups is 1. The Morgan fingerprint density at radius 3 is 2.56 bits per heavy atom. The SMILES string of the molecule is CC(C)(C)[Si](C)(C)OC[C@@H]1CC2=CC(=O)CC2C1. The molecule has 102 valence electrons. The van der Waals surface area contributed by atoms with Crippen molar-refractivity contribution in [3.63, 3.8) is 0 Å². The minimum atomic E-state index is -1.61. The lowest BCUT2D eigenvalue weighted by molar-refractivity contribution is -0.114. The number of allylic oxidation sites excluding steroid dienone is 2. The first kappa shape index (κ1) is 14.0. The van der Waals surface area contributed by atoms with E-state index < -0.39 is 8.32 Å². The van der Waals surface area contributed by atoms with Gasteiger partial charge in [0.1, 0.15) is 0 Å². The molecule has 0 saturated heterocycles. The smallest absolute Gasteiger partial charge is 0.191 e. The van der Waals surface area contributed by atoms with Crippen molar-refractivity contribution in [1.82, 2.24) is 0 Å². The van der Waals surface area contributed by atoms with Gasteiger partial charge < -0.3 is 4.43 Å². The number of fused-ring (bicyclic) bond motifs is 1. The normalized spacial score (nSPS) is 28.5. The van der Waals surface area contributed by atoms with E-state index in [1.165, 1.54) is 5.57 Å². The van der Waals surface area contributed by atoms with Gasteiger partial charge in [-0.1, -0.05) is 26.3 Å². The summed E-state index contributed by atoms with van der Waals surface area (Å²) in [5, 5.41) is 0.288. The van der Waals surface area contributed by atoms with Gasteiger partial charge in [0.15, 0.2) is 14.1 Å². The zero-order chi connectivity index (χ0) is 13.6. The number of hydrogen-bond acceptors (Lipinski definition) is 2. The molecule has 0 bridgehead atoms. The predicted molar refractivity (Wildman–Crippen MR) is 77.1 cm³/mol. The van der Waals surface area contributed by atoms with Crippen molar-refractivity contribution < 1.29 is 9.22 Å². The van der Waals surface area contributed by atoms with E-state index in [2.05, 4.69) is 33.9 Å². The summed E-state index contributed by atoms with van der Waals surface area (Å²) >= 11 is 0. The Hall–Kier alpha value is -0.413. The Morgan fingerprint density at radius 2 is 2.00 bits per heavy atom. The Bertz CT molecular complexity index is 376. The average Bonchev–Trinajstić information content (AvgIpc) is 2.69. The van der Waals surface area contributed by atoms with Crippen LogP contribution in [0.2, 0.25) is 18.1 Å². The molecule has 2 rings (SSSR count). The molecular weight excluding hydrogens is 240 g/mol. The molecule has 0 aliphatic heterocycles. The van der Waals surface area contributed by atoms with E-state index in [4.69, 9.17) is 4.43 Å². The second kappa shape index (κ2) is 4.60. The summed E-state index contributed by atoms with van der Waals surface area (Å²) in [5.41, 5.74) is 1.39. The molecule has 18 heavy (non-hydrogen) atoms. The van der Waals surface area contributed by atoms with Crippen molar-refractivity contribution in [2.75, 3.05) is 6.61 Å². The number of ketones is 1. The van der Waals surface area contributed by atoms with Gasteiger partial charge in [0, 0.05) is 13.0 Å². The van der Waals surface area contributed by atoms with E-state index in [-0.39, 0.29) is 5.04 Å². The van der Waals surface area contributed by atoms with Gasteiger partial charge in [0.2, 0.25) is 0 Å². The lowest BCUT2D eigenvalue weighted by Gasteiger charge is -2.37. The summed E-state index contributed by atoms with van der Waals surface area (Å²) in [4.78, 5) is 11.3. The summed E-state index contributed by atoms with van der Waals surface area (Å²) < 4.78 is 6.30. The zero-order valence-corrected chi connectivity index (χ0v) is 13.4. The number of rotatable bonds is 3. The topological polar surface area (TPSA) is 26.3 Å². The van der Waals surface area contributed by atoms with Gasteiger partial charge >= 0.3 is 0 Å². The summed E-state index contributed by atoms with van der Waals surface area (Å²) in [6.45, 7) is 12.4. The second-order valence-electron chi connectivity index (χ2n) is 7.46. The first-order valence-corrected chi connectivity index (χ1v) is 9.97. The largest absolute Gasteiger partial charge is 0.417 e. The van der Waals surface area contributed by atoms with Gasteiger partial charge in [-0.3, -0.25) is 4.79 Å². The van der Waals surface area contributed by atoms with Crippen LogP contribution in [-0.4, -0.2) is 20.7 Å². The Labute approximate surface area is 112 Å². The maximum atomic E-state index is 11.3. The van der Waals surface area contributed by atoms with Crippen LogP contribution in [0.4, 0.5) is 0 Å². The van der Waals surface area contributed by atoms with Crippen molar-refractivity contribution in [2.24, 2.45) is 11.8 Å². The van der Waals surface area contributed by atoms with Crippen LogP contribution in [0.15, 0.2) is 11.6 Å². The molecule has 0 amide bonds. The van der Waals surface area contributed by atoms with Crippen LogP contribution >= 0.6 is 0 Å². The predicted octanol–water partition coefficient (Wildman–Crippen LogP) is 3.93. The first-order valence-electron chi connectivity index (χ1n) is 7.06. The molecule has 0 aromatic heterocycles. The summed E-state index contributed by atoms with van der Waals surface area (Å²) in [7, 11) is -1.61. The maximum Gasteiger partial charge on any atom is 0.191 e. The van der Waals surface area contributed by atoms with E-state index in [0.29, 0.717) is 17.6 Å². The Kier molecular flexibility index (Phi) is 3.58. The van der Waals surface area contributed by atoms with Crippen molar-refractivity contribution in [2.45, 2.75) is 58.2 Å². The van der Waals surface area contributed by atoms with Crippen LogP contribution in [0.1, 0.15) is 40.0 Å². The highest BCUT2D eigenvalue weighted by Crippen LogP contribution is 2.43. The van der Waals surface area contributed by atoms with Crippen LogP contribution < -0.4 is 0 Å². The highest BCUT2D eigenvalue weighted by atomic mass is 28.4. The Balaban J connectivity index is 1.87. The minimum Gasteiger partial charge on any atom is -0.417 e. The van der Waals surface area contributed by atoms with Crippen LogP contribution in [0.5, 0.6) is 0 Å². The third-order valence-corrected chi connectivity index (χ3v) is 9.45. The van der Waals surface area contributed by atoms with E-state index in [1.54, 1.807) is 0 Å². The molecule has 2 nitrogen and oxygen atoms in total. The van der Waals surface area contributed by atoms with Gasteiger partial charge in [-0.05, 0) is 48.9 Å². The summed E-state index contributed by atoms with van der Waals surface area (Å²) in [6.07, 6.45) is 4.89. The van der Waals surface area contributed by atoms with Crippen molar-refractivity contribution in [1.29, 1.82) is 0 Å². The molecule has 0 spiro atoms. The minimum absolute atomic E-state index is 0.288. The molecule has 1 saturated carbocycles. The molecule has 2 aliphatic carbocycles. The highest BCUT2D eigenvalue weighted by molar-refractivity contribution is 6.74. The quantitative estimate of drug-likeness (QED) is 0.723. The van der Waals surface area contributed by atoms with Gasteiger partial charge in [0.05, 0.1) is 0 Å². The monoisotopic (exact) mass is 266 g/mol. The average molecular weight is 266 g/mol. The highest BCUT2D eigenvalue weighted by Gasteiger charge is 2.39. The molecule has 0 heterocycles. The molecule has 0 aromatic rings. The van der Waals surface area contributed by atoms with Gasteiger partial charge in [-0.15, -0.1) is 0 Å². The fourth-order valence-corrected chi connectivity index (χ4v) is 3.79.